The highest BCUT2D eigenvalue weighted by molar-refractivity contribution is 7.99. The van der Waals surface area contributed by atoms with Gasteiger partial charge in [0.2, 0.25) is 0 Å². The van der Waals surface area contributed by atoms with E-state index in [4.69, 9.17) is 0 Å². The second-order valence-electron chi connectivity index (χ2n) is 11.0. The first-order valence-corrected chi connectivity index (χ1v) is 15.6. The second kappa shape index (κ2) is 8.36. The Bertz CT molecular complexity index is 2390. The Hall–Kier alpha value is -4.31. The molecule has 1 nitrogen and oxygen atoms in total. The largest absolute Gasteiger partial charge is 0.309 e. The molecule has 7 aromatic rings. The van der Waals surface area contributed by atoms with Gasteiger partial charge in [0.25, 0.3) is 0 Å². The molecule has 0 fully saturated rings. The molecule has 0 aliphatic carbocycles. The minimum atomic E-state index is -0.431. The minimum Gasteiger partial charge on any atom is -0.309 e. The van der Waals surface area contributed by atoms with E-state index in [1.807, 2.05) is 29.2 Å². The molecule has 2 aliphatic heterocycles. The van der Waals surface area contributed by atoms with Crippen molar-refractivity contribution in [3.63, 3.8) is 0 Å². The van der Waals surface area contributed by atoms with Crippen molar-refractivity contribution < 1.29 is 0 Å². The smallest absolute Gasteiger partial charge is 0.0724 e. The van der Waals surface area contributed by atoms with Crippen LogP contribution >= 0.6 is 23.1 Å². The van der Waals surface area contributed by atoms with Crippen molar-refractivity contribution in [2.24, 2.45) is 0 Å². The molecule has 2 aromatic heterocycles. The quantitative estimate of drug-likeness (QED) is 0.194. The van der Waals surface area contributed by atoms with Crippen LogP contribution in [0.25, 0.3) is 48.4 Å². The van der Waals surface area contributed by atoms with E-state index >= 15 is 0 Å². The van der Waals surface area contributed by atoms with E-state index in [0.717, 1.165) is 0 Å². The van der Waals surface area contributed by atoms with Crippen LogP contribution in [0, 0.1) is 0 Å². The van der Waals surface area contributed by atoms with Crippen LogP contribution in [0.3, 0.4) is 0 Å². The van der Waals surface area contributed by atoms with Gasteiger partial charge in [0.05, 0.1) is 22.0 Å². The summed E-state index contributed by atoms with van der Waals surface area (Å²) >= 11 is 3.81. The lowest BCUT2D eigenvalue weighted by Gasteiger charge is -2.45. The van der Waals surface area contributed by atoms with Gasteiger partial charge in [-0.15, -0.1) is 11.3 Å². The van der Waals surface area contributed by atoms with Gasteiger partial charge >= 0.3 is 0 Å². The first kappa shape index (κ1) is 23.4. The van der Waals surface area contributed by atoms with Crippen LogP contribution in [-0.2, 0) is 5.41 Å². The van der Waals surface area contributed by atoms with Crippen LogP contribution in [0.4, 0.5) is 0 Å². The SMILES string of the molecule is C=C/C=c1\c2n(c3ccccc13)-c1ccccc1C1(C=2C)c2ccccc2Sc2cc3sc4ccccc4c3cc21. The van der Waals surface area contributed by atoms with E-state index in [1.54, 1.807) is 0 Å². The monoisotopic (exact) mass is 559 g/mol. The lowest BCUT2D eigenvalue weighted by Crippen LogP contribution is -2.46. The van der Waals surface area contributed by atoms with Gasteiger partial charge in [-0.3, -0.25) is 0 Å². The van der Waals surface area contributed by atoms with Crippen molar-refractivity contribution in [3.8, 4) is 5.69 Å². The summed E-state index contributed by atoms with van der Waals surface area (Å²) in [5.41, 5.74) is 7.48. The summed E-state index contributed by atoms with van der Waals surface area (Å²) in [6, 6.07) is 40.7. The van der Waals surface area contributed by atoms with Crippen molar-refractivity contribution in [3.05, 3.63) is 149 Å². The summed E-state index contributed by atoms with van der Waals surface area (Å²) in [5.74, 6) is 0. The molecule has 1 atom stereocenters. The highest BCUT2D eigenvalue weighted by Gasteiger charge is 2.48. The maximum absolute atomic E-state index is 4.12. The number of rotatable bonds is 1. The number of allylic oxidation sites excluding steroid dienone is 1. The molecule has 2 aliphatic rings. The highest BCUT2D eigenvalue weighted by atomic mass is 32.2. The molecule has 5 aromatic carbocycles. The van der Waals surface area contributed by atoms with Crippen LogP contribution in [0.2, 0.25) is 0 Å². The third kappa shape index (κ3) is 2.88. The lowest BCUT2D eigenvalue weighted by molar-refractivity contribution is 0.712. The molecule has 1 spiro atoms. The van der Waals surface area contributed by atoms with Crippen molar-refractivity contribution >= 4 is 65.8 Å². The van der Waals surface area contributed by atoms with Gasteiger partial charge < -0.3 is 4.57 Å². The fraction of sp³-hybridized carbons (Fsp3) is 0.0526. The van der Waals surface area contributed by atoms with Crippen molar-refractivity contribution in [1.82, 2.24) is 4.57 Å². The molecule has 0 radical (unpaired) electrons. The molecule has 0 N–H and O–H groups in total. The van der Waals surface area contributed by atoms with E-state index in [1.165, 1.54) is 79.4 Å². The number of thiophene rings is 1. The third-order valence-corrected chi connectivity index (χ3v) is 11.3. The topological polar surface area (TPSA) is 4.93 Å². The van der Waals surface area contributed by atoms with Crippen molar-refractivity contribution in [2.45, 2.75) is 22.1 Å². The molecule has 0 amide bonds. The predicted octanol–water partition coefficient (Wildman–Crippen LogP) is 8.95. The average molecular weight is 560 g/mol. The van der Waals surface area contributed by atoms with Crippen LogP contribution in [0.15, 0.2) is 132 Å². The molecule has 0 saturated carbocycles. The van der Waals surface area contributed by atoms with E-state index in [0.29, 0.717) is 0 Å². The summed E-state index contributed by atoms with van der Waals surface area (Å²) in [4.78, 5) is 2.67. The number of para-hydroxylation sites is 2. The van der Waals surface area contributed by atoms with Crippen LogP contribution in [0.1, 0.15) is 23.6 Å². The van der Waals surface area contributed by atoms with Gasteiger partial charge in [-0.25, -0.2) is 0 Å². The molecule has 4 heterocycles. The Morgan fingerprint density at radius 1 is 0.683 bits per heavy atom. The number of nitrogens with zero attached hydrogens (tertiary/aromatic N) is 1. The Balaban J connectivity index is 1.57. The second-order valence-corrected chi connectivity index (χ2v) is 13.1. The zero-order valence-electron chi connectivity index (χ0n) is 22.5. The molecule has 41 heavy (non-hydrogen) atoms. The fourth-order valence-electron chi connectivity index (χ4n) is 7.49. The Labute approximate surface area is 246 Å². The molecule has 194 valence electrons. The molecule has 0 bridgehead atoms. The Morgan fingerprint density at radius 2 is 1.41 bits per heavy atom. The first-order chi connectivity index (χ1) is 20.2. The lowest BCUT2D eigenvalue weighted by atomic mass is 9.63. The summed E-state index contributed by atoms with van der Waals surface area (Å²) < 4.78 is 5.18. The number of benzene rings is 5. The maximum atomic E-state index is 4.12. The number of hydrogen-bond donors (Lipinski definition) is 0. The van der Waals surface area contributed by atoms with Gasteiger partial charge in [0.15, 0.2) is 0 Å². The number of hydrogen-bond acceptors (Lipinski definition) is 2. The van der Waals surface area contributed by atoms with Crippen LogP contribution in [-0.4, -0.2) is 4.57 Å². The van der Waals surface area contributed by atoms with Gasteiger partial charge in [-0.2, -0.15) is 0 Å². The Kier molecular flexibility index (Phi) is 4.77. The van der Waals surface area contributed by atoms with Crippen molar-refractivity contribution in [2.75, 3.05) is 0 Å². The predicted molar refractivity (Wildman–Crippen MR) is 176 cm³/mol. The summed E-state index contributed by atoms with van der Waals surface area (Å²) in [6.07, 6.45) is 4.13. The fourth-order valence-corrected chi connectivity index (χ4v) is 9.91. The van der Waals surface area contributed by atoms with Gasteiger partial charge in [0.1, 0.15) is 0 Å². The molecular formula is C38H25NS2. The summed E-state index contributed by atoms with van der Waals surface area (Å²) in [7, 11) is 0. The van der Waals surface area contributed by atoms with E-state index in [2.05, 4.69) is 133 Å². The third-order valence-electron chi connectivity index (χ3n) is 9.06. The maximum Gasteiger partial charge on any atom is 0.0724 e. The van der Waals surface area contributed by atoms with Crippen LogP contribution < -0.4 is 10.6 Å². The Morgan fingerprint density at radius 3 is 2.29 bits per heavy atom. The van der Waals surface area contributed by atoms with Crippen molar-refractivity contribution in [1.29, 1.82) is 0 Å². The molecule has 9 rings (SSSR count). The number of fused-ring (bicyclic) bond motifs is 13. The number of aromatic nitrogens is 1. The first-order valence-electron chi connectivity index (χ1n) is 14.0. The zero-order chi connectivity index (χ0) is 27.3. The highest BCUT2D eigenvalue weighted by Crippen LogP contribution is 2.59. The molecular weight excluding hydrogens is 535 g/mol. The standard InChI is InChI=1S/C38H25NS2/c1-3-12-26-24-13-4-8-17-31(24)39-32-18-9-6-15-28(32)38(23(2)37(26)39)29-16-7-11-20-34(29)41-36-22-35-27(21-30(36)38)25-14-5-10-19-33(25)40-35/h3-22H,1H2,2H3/b26-12-. The zero-order valence-corrected chi connectivity index (χ0v) is 24.2. The molecule has 1 unspecified atom stereocenters. The van der Waals surface area contributed by atoms with Crippen LogP contribution in [0.5, 0.6) is 0 Å². The van der Waals surface area contributed by atoms with E-state index in [-0.39, 0.29) is 0 Å². The molecule has 0 saturated heterocycles. The van der Waals surface area contributed by atoms with Gasteiger partial charge in [-0.1, -0.05) is 103 Å². The minimum absolute atomic E-state index is 0.431. The van der Waals surface area contributed by atoms with E-state index in [9.17, 15) is 0 Å². The normalized spacial score (nSPS) is 17.6. The summed E-state index contributed by atoms with van der Waals surface area (Å²) in [6.45, 7) is 6.49. The van der Waals surface area contributed by atoms with E-state index < -0.39 is 5.41 Å². The average Bonchev–Trinajstić information content (AvgIpc) is 3.54. The van der Waals surface area contributed by atoms with Gasteiger partial charge in [-0.05, 0) is 65.6 Å². The summed E-state index contributed by atoms with van der Waals surface area (Å²) in [5, 5.41) is 6.45. The molecule has 3 heteroatoms. The van der Waals surface area contributed by atoms with Gasteiger partial charge in [0, 0.05) is 40.6 Å².